The van der Waals surface area contributed by atoms with Crippen LogP contribution in [0.4, 0.5) is 0 Å². The number of benzene rings is 1. The molecule has 0 saturated carbocycles. The number of aliphatic hydroxyl groups excluding tert-OH is 1. The zero-order chi connectivity index (χ0) is 13.7. The molecular weight excluding hydrogens is 284 g/mol. The summed E-state index contributed by atoms with van der Waals surface area (Å²) < 4.78 is 5.58. The Morgan fingerprint density at radius 3 is 3.00 bits per heavy atom. The fraction of sp³-hybridized carbons (Fsp3) is 0.385. The van der Waals surface area contributed by atoms with Crippen molar-refractivity contribution in [2.75, 3.05) is 12.4 Å². The number of thioether (sulfide) groups is 1. The van der Waals surface area contributed by atoms with E-state index in [0.717, 1.165) is 11.3 Å². The van der Waals surface area contributed by atoms with Crippen molar-refractivity contribution in [2.24, 2.45) is 5.92 Å². The summed E-state index contributed by atoms with van der Waals surface area (Å²) in [5, 5.41) is 17.6. The van der Waals surface area contributed by atoms with Crippen molar-refractivity contribution in [3.8, 4) is 11.5 Å². The number of halogens is 1. The Morgan fingerprint density at radius 2 is 2.26 bits per heavy atom. The van der Waals surface area contributed by atoms with Crippen LogP contribution in [-0.4, -0.2) is 27.7 Å². The lowest BCUT2D eigenvalue weighted by Crippen LogP contribution is -2.03. The zero-order valence-electron chi connectivity index (χ0n) is 10.5. The van der Waals surface area contributed by atoms with Gasteiger partial charge in [0.05, 0.1) is 5.75 Å². The molecule has 1 aromatic carbocycles. The van der Waals surface area contributed by atoms with E-state index in [1.54, 1.807) is 23.9 Å². The average molecular weight is 299 g/mol. The fourth-order valence-electron chi connectivity index (χ4n) is 1.45. The van der Waals surface area contributed by atoms with Crippen LogP contribution < -0.4 is 0 Å². The molecule has 1 aromatic heterocycles. The van der Waals surface area contributed by atoms with Crippen molar-refractivity contribution in [3.05, 3.63) is 35.2 Å². The predicted octanol–water partition coefficient (Wildman–Crippen LogP) is 3.25. The lowest BCUT2D eigenvalue weighted by Gasteiger charge is -2.04. The zero-order valence-corrected chi connectivity index (χ0v) is 12.1. The number of nitrogens with zero attached hydrogens (tertiary/aromatic N) is 2. The highest BCUT2D eigenvalue weighted by molar-refractivity contribution is 7.98. The molecule has 0 aliphatic carbocycles. The number of hydrogen-bond donors (Lipinski definition) is 1. The monoisotopic (exact) mass is 298 g/mol. The summed E-state index contributed by atoms with van der Waals surface area (Å²) in [6.07, 6.45) is 0. The van der Waals surface area contributed by atoms with Crippen LogP contribution >= 0.6 is 23.4 Å². The lowest BCUT2D eigenvalue weighted by molar-refractivity contribution is 0.250. The molecular formula is C13H15ClN2O2S. The molecule has 0 bridgehead atoms. The van der Waals surface area contributed by atoms with E-state index < -0.39 is 0 Å². The quantitative estimate of drug-likeness (QED) is 0.887. The maximum atomic E-state index is 8.93. The molecule has 1 atom stereocenters. The largest absolute Gasteiger partial charge is 0.420 e. The Bertz CT molecular complexity index is 533. The van der Waals surface area contributed by atoms with Crippen LogP contribution in [0.5, 0.6) is 0 Å². The van der Waals surface area contributed by atoms with Crippen LogP contribution in [-0.2, 0) is 5.75 Å². The summed E-state index contributed by atoms with van der Waals surface area (Å²) >= 11 is 7.59. The van der Waals surface area contributed by atoms with Crippen molar-refractivity contribution in [1.29, 1.82) is 0 Å². The minimum atomic E-state index is 0.199. The number of hydrogen-bond acceptors (Lipinski definition) is 5. The first-order chi connectivity index (χ1) is 9.19. The molecule has 0 spiro atoms. The van der Waals surface area contributed by atoms with Crippen LogP contribution in [0, 0.1) is 5.92 Å². The Balaban J connectivity index is 1.95. The average Bonchev–Trinajstić information content (AvgIpc) is 2.87. The number of rotatable bonds is 6. The van der Waals surface area contributed by atoms with Crippen LogP contribution in [0.25, 0.3) is 11.5 Å². The van der Waals surface area contributed by atoms with Gasteiger partial charge in [-0.25, -0.2) is 0 Å². The summed E-state index contributed by atoms with van der Waals surface area (Å²) in [4.78, 5) is 0. The van der Waals surface area contributed by atoms with Crippen molar-refractivity contribution in [1.82, 2.24) is 10.2 Å². The first kappa shape index (κ1) is 14.4. The maximum absolute atomic E-state index is 8.93. The molecule has 0 aliphatic heterocycles. The third kappa shape index (κ3) is 4.23. The smallest absolute Gasteiger partial charge is 0.247 e. The van der Waals surface area contributed by atoms with Crippen LogP contribution in [0.2, 0.25) is 5.02 Å². The molecule has 0 saturated heterocycles. The highest BCUT2D eigenvalue weighted by atomic mass is 35.5. The van der Waals surface area contributed by atoms with Gasteiger partial charge in [0, 0.05) is 17.2 Å². The molecule has 2 aromatic rings. The van der Waals surface area contributed by atoms with Crippen LogP contribution in [0.3, 0.4) is 0 Å². The van der Waals surface area contributed by atoms with E-state index in [9.17, 15) is 0 Å². The minimum Gasteiger partial charge on any atom is -0.420 e. The third-order valence-corrected chi connectivity index (χ3v) is 3.97. The van der Waals surface area contributed by atoms with Gasteiger partial charge in [-0.3, -0.25) is 0 Å². The maximum Gasteiger partial charge on any atom is 0.247 e. The van der Waals surface area contributed by atoms with Gasteiger partial charge in [0.2, 0.25) is 11.8 Å². The molecule has 102 valence electrons. The predicted molar refractivity (Wildman–Crippen MR) is 77.2 cm³/mol. The van der Waals surface area contributed by atoms with E-state index in [-0.39, 0.29) is 12.5 Å². The summed E-state index contributed by atoms with van der Waals surface area (Å²) in [5.74, 6) is 2.86. The molecule has 19 heavy (non-hydrogen) atoms. The van der Waals surface area contributed by atoms with Crippen molar-refractivity contribution in [2.45, 2.75) is 12.7 Å². The third-order valence-electron chi connectivity index (χ3n) is 2.48. The molecule has 6 heteroatoms. The van der Waals surface area contributed by atoms with E-state index in [2.05, 4.69) is 10.2 Å². The summed E-state index contributed by atoms with van der Waals surface area (Å²) in [6.45, 7) is 2.20. The van der Waals surface area contributed by atoms with Gasteiger partial charge in [0.1, 0.15) is 0 Å². The van der Waals surface area contributed by atoms with E-state index in [0.29, 0.717) is 22.6 Å². The topological polar surface area (TPSA) is 59.2 Å². The molecule has 2 rings (SSSR count). The standard InChI is InChI=1S/C13H15ClN2O2S/c1-9(6-17)7-19-8-12-15-16-13(18-12)10-3-2-4-11(14)5-10/h2-5,9,17H,6-8H2,1H3/t9-/m1/s1. The van der Waals surface area contributed by atoms with Gasteiger partial charge in [-0.05, 0) is 29.9 Å². The van der Waals surface area contributed by atoms with Gasteiger partial charge >= 0.3 is 0 Å². The van der Waals surface area contributed by atoms with Crippen molar-refractivity contribution >= 4 is 23.4 Å². The second-order valence-electron chi connectivity index (χ2n) is 4.31. The summed E-state index contributed by atoms with van der Waals surface area (Å²) in [6, 6.07) is 7.32. The van der Waals surface area contributed by atoms with Gasteiger partial charge in [-0.2, -0.15) is 11.8 Å². The molecule has 0 unspecified atom stereocenters. The molecule has 4 nitrogen and oxygen atoms in total. The lowest BCUT2D eigenvalue weighted by atomic mass is 10.2. The first-order valence-corrected chi connectivity index (χ1v) is 7.49. The molecule has 1 N–H and O–H groups in total. The molecule has 0 amide bonds. The Kier molecular flexibility index (Phi) is 5.24. The van der Waals surface area contributed by atoms with Crippen LogP contribution in [0.15, 0.2) is 28.7 Å². The molecule has 0 aliphatic rings. The minimum absolute atomic E-state index is 0.199. The van der Waals surface area contributed by atoms with Crippen molar-refractivity contribution in [3.63, 3.8) is 0 Å². The van der Waals surface area contributed by atoms with Gasteiger partial charge < -0.3 is 9.52 Å². The molecule has 0 fully saturated rings. The van der Waals surface area contributed by atoms with E-state index in [1.807, 2.05) is 19.1 Å². The number of aliphatic hydroxyl groups is 1. The first-order valence-electron chi connectivity index (χ1n) is 5.96. The summed E-state index contributed by atoms with van der Waals surface area (Å²) in [5.41, 5.74) is 0.819. The SMILES string of the molecule is C[C@H](CO)CSCc1nnc(-c2cccc(Cl)c2)o1. The second kappa shape index (κ2) is 6.93. The van der Waals surface area contributed by atoms with Crippen molar-refractivity contribution < 1.29 is 9.52 Å². The summed E-state index contributed by atoms with van der Waals surface area (Å²) in [7, 11) is 0. The van der Waals surface area contributed by atoms with Gasteiger partial charge in [0.25, 0.3) is 0 Å². The fourth-order valence-corrected chi connectivity index (χ4v) is 2.56. The molecule has 1 heterocycles. The van der Waals surface area contributed by atoms with E-state index in [1.165, 1.54) is 0 Å². The van der Waals surface area contributed by atoms with Crippen LogP contribution in [0.1, 0.15) is 12.8 Å². The highest BCUT2D eigenvalue weighted by Gasteiger charge is 2.09. The normalized spacial score (nSPS) is 12.6. The van der Waals surface area contributed by atoms with E-state index in [4.69, 9.17) is 21.1 Å². The van der Waals surface area contributed by atoms with Gasteiger partial charge in [-0.15, -0.1) is 10.2 Å². The van der Waals surface area contributed by atoms with E-state index >= 15 is 0 Å². The van der Waals surface area contributed by atoms with Gasteiger partial charge in [-0.1, -0.05) is 24.6 Å². The Hall–Kier alpha value is -1.04. The molecule has 0 radical (unpaired) electrons. The highest BCUT2D eigenvalue weighted by Crippen LogP contribution is 2.23. The second-order valence-corrected chi connectivity index (χ2v) is 5.78. The Labute approximate surface area is 121 Å². The number of aromatic nitrogens is 2. The Morgan fingerprint density at radius 1 is 1.42 bits per heavy atom. The van der Waals surface area contributed by atoms with Gasteiger partial charge in [0.15, 0.2) is 0 Å².